The summed E-state index contributed by atoms with van der Waals surface area (Å²) in [5.74, 6) is -0.377. The van der Waals surface area contributed by atoms with Crippen LogP contribution in [0.1, 0.15) is 107 Å². The average molecular weight is 611 g/mol. The lowest BCUT2D eigenvalue weighted by Gasteiger charge is -2.44. The molecule has 242 valence electrons. The minimum atomic E-state index is -0.556. The van der Waals surface area contributed by atoms with E-state index >= 15 is 0 Å². The third kappa shape index (κ3) is 7.92. The Balaban J connectivity index is 0.000000241. The molecule has 44 heavy (non-hydrogen) atoms. The highest BCUT2D eigenvalue weighted by Gasteiger charge is 2.41. The lowest BCUT2D eigenvalue weighted by molar-refractivity contribution is -0.00150. The normalized spacial score (nSPS) is 16.9. The van der Waals surface area contributed by atoms with Crippen LogP contribution in [0.25, 0.3) is 0 Å². The number of methoxy groups -OCH3 is 1. The molecule has 1 N–H and O–H groups in total. The van der Waals surface area contributed by atoms with Gasteiger partial charge in [0.1, 0.15) is 11.2 Å². The van der Waals surface area contributed by atoms with E-state index < -0.39 is 22.3 Å². The summed E-state index contributed by atoms with van der Waals surface area (Å²) in [6.45, 7) is 20.4. The van der Waals surface area contributed by atoms with Gasteiger partial charge in [-0.15, -0.1) is 0 Å². The first-order chi connectivity index (χ1) is 20.2. The zero-order valence-electron chi connectivity index (χ0n) is 28.3. The molecule has 2 aromatic carbocycles. The number of rotatable bonds is 2. The fraction of sp³-hybridized carbons (Fsp3) is 0.571. The Bertz CT molecular complexity index is 1380. The first-order valence-electron chi connectivity index (χ1n) is 15.2. The fourth-order valence-corrected chi connectivity index (χ4v) is 5.71. The number of aliphatic hydroxyl groups excluding tert-OH is 1. The van der Waals surface area contributed by atoms with Crippen LogP contribution in [0.15, 0.2) is 36.4 Å². The van der Waals surface area contributed by atoms with E-state index in [0.717, 1.165) is 35.1 Å². The van der Waals surface area contributed by atoms with Crippen molar-refractivity contribution in [3.05, 3.63) is 69.8 Å². The van der Waals surface area contributed by atoms with Crippen molar-refractivity contribution in [3.8, 4) is 0 Å². The summed E-state index contributed by atoms with van der Waals surface area (Å²) >= 11 is 0. The van der Waals surface area contributed by atoms with E-state index in [9.17, 15) is 19.5 Å². The summed E-state index contributed by atoms with van der Waals surface area (Å²) in [6.07, 6.45) is 0.924. The molecule has 2 aliphatic rings. The second-order valence-corrected chi connectivity index (χ2v) is 14.4. The van der Waals surface area contributed by atoms with Crippen LogP contribution in [0.2, 0.25) is 0 Å². The molecular weight excluding hydrogens is 560 g/mol. The summed E-state index contributed by atoms with van der Waals surface area (Å²) in [4.78, 5) is 40.3. The molecule has 0 saturated carbocycles. The molecular formula is C35H50N2O7. The van der Waals surface area contributed by atoms with E-state index in [0.29, 0.717) is 18.7 Å². The van der Waals surface area contributed by atoms with E-state index in [1.54, 1.807) is 15.9 Å². The molecule has 0 unspecified atom stereocenters. The second-order valence-electron chi connectivity index (χ2n) is 14.4. The molecule has 4 rings (SSSR count). The van der Waals surface area contributed by atoms with Gasteiger partial charge in [-0.05, 0) is 122 Å². The molecule has 0 bridgehead atoms. The number of amides is 2. The lowest BCUT2D eigenvalue weighted by Crippen LogP contribution is -2.51. The van der Waals surface area contributed by atoms with Crippen LogP contribution in [-0.4, -0.2) is 64.5 Å². The maximum Gasteiger partial charge on any atom is 0.411 e. The van der Waals surface area contributed by atoms with Crippen LogP contribution in [-0.2, 0) is 44.7 Å². The molecule has 9 heteroatoms. The molecule has 9 nitrogen and oxygen atoms in total. The molecule has 0 atom stereocenters. The molecule has 0 fully saturated rings. The Morgan fingerprint density at radius 3 is 1.59 bits per heavy atom. The minimum Gasteiger partial charge on any atom is -0.465 e. The van der Waals surface area contributed by atoms with Crippen molar-refractivity contribution in [1.82, 2.24) is 9.80 Å². The van der Waals surface area contributed by atoms with E-state index in [2.05, 4.69) is 6.07 Å². The van der Waals surface area contributed by atoms with E-state index in [-0.39, 0.29) is 24.8 Å². The maximum absolute atomic E-state index is 12.5. The number of ether oxygens (including phenoxy) is 3. The summed E-state index contributed by atoms with van der Waals surface area (Å²) in [7, 11) is 1.36. The zero-order chi connectivity index (χ0) is 33.3. The Labute approximate surface area is 262 Å². The number of esters is 1. The van der Waals surface area contributed by atoms with Crippen molar-refractivity contribution in [2.45, 2.75) is 111 Å². The van der Waals surface area contributed by atoms with Crippen molar-refractivity contribution < 1.29 is 33.7 Å². The maximum atomic E-state index is 12.5. The van der Waals surface area contributed by atoms with Gasteiger partial charge in [-0.2, -0.15) is 0 Å². The fourth-order valence-electron chi connectivity index (χ4n) is 5.71. The number of hydrogen-bond acceptors (Lipinski definition) is 7. The molecule has 0 radical (unpaired) electrons. The highest BCUT2D eigenvalue weighted by atomic mass is 16.6. The topological polar surface area (TPSA) is 106 Å². The smallest absolute Gasteiger partial charge is 0.411 e. The molecule has 2 heterocycles. The number of carbonyl (C=O) groups is 3. The monoisotopic (exact) mass is 610 g/mol. The van der Waals surface area contributed by atoms with E-state index in [1.807, 2.05) is 93.5 Å². The highest BCUT2D eigenvalue weighted by molar-refractivity contribution is 5.89. The SMILES string of the molecule is CC(C)(C)OC(=O)N1CCc2ccc(CO)cc2C1(C)C.COC(=O)c1ccc2c(c1)C(C)(C)N(C(=O)OC(C)(C)C)CC2. The molecule has 2 amide bonds. The zero-order valence-corrected chi connectivity index (χ0v) is 28.3. The predicted octanol–water partition coefficient (Wildman–Crippen LogP) is 6.71. The van der Waals surface area contributed by atoms with Crippen LogP contribution in [0.5, 0.6) is 0 Å². The summed E-state index contributed by atoms with van der Waals surface area (Å²) < 4.78 is 15.8. The molecule has 0 aliphatic carbocycles. The van der Waals surface area contributed by atoms with Crippen LogP contribution in [0.4, 0.5) is 9.59 Å². The van der Waals surface area contributed by atoms with Crippen molar-refractivity contribution in [2.24, 2.45) is 0 Å². The summed E-state index contributed by atoms with van der Waals surface area (Å²) in [6, 6.07) is 11.5. The standard InChI is InChI=1S/C18H25NO4.C17H25NO3/c1-17(2,3)23-16(21)19-10-9-12-7-8-13(15(20)22-6)11-14(12)18(19,4)5;1-16(2,3)21-15(20)18-9-8-13-7-6-12(11-19)10-14(13)17(18,4)5/h7-8,11H,9-10H2,1-6H3;6-7,10,19H,8-9,11H2,1-5H3. The van der Waals surface area contributed by atoms with Gasteiger partial charge in [0, 0.05) is 13.1 Å². The second kappa shape index (κ2) is 12.8. The number of benzene rings is 2. The first kappa shape index (κ1) is 34.9. The Morgan fingerprint density at radius 2 is 1.18 bits per heavy atom. The third-order valence-corrected chi connectivity index (χ3v) is 7.99. The van der Waals surface area contributed by atoms with Gasteiger partial charge in [-0.25, -0.2) is 14.4 Å². The number of aliphatic hydroxyl groups is 1. The predicted molar refractivity (Wildman–Crippen MR) is 169 cm³/mol. The van der Waals surface area contributed by atoms with Crippen molar-refractivity contribution in [3.63, 3.8) is 0 Å². The Morgan fingerprint density at radius 1 is 0.750 bits per heavy atom. The lowest BCUT2D eigenvalue weighted by atomic mass is 9.82. The minimum absolute atomic E-state index is 0.00972. The van der Waals surface area contributed by atoms with Crippen LogP contribution in [0.3, 0.4) is 0 Å². The molecule has 2 aliphatic heterocycles. The molecule has 0 spiro atoms. The van der Waals surface area contributed by atoms with Gasteiger partial charge in [0.2, 0.25) is 0 Å². The van der Waals surface area contributed by atoms with Gasteiger partial charge in [0.05, 0.1) is 30.4 Å². The number of fused-ring (bicyclic) bond motifs is 2. The van der Waals surface area contributed by atoms with Crippen LogP contribution < -0.4 is 0 Å². The number of nitrogens with zero attached hydrogens (tertiary/aromatic N) is 2. The first-order valence-corrected chi connectivity index (χ1v) is 15.2. The van der Waals surface area contributed by atoms with Gasteiger partial charge < -0.3 is 19.3 Å². The van der Waals surface area contributed by atoms with E-state index in [4.69, 9.17) is 14.2 Å². The Kier molecular flexibility index (Phi) is 10.1. The van der Waals surface area contributed by atoms with Crippen molar-refractivity contribution >= 4 is 18.2 Å². The largest absolute Gasteiger partial charge is 0.465 e. The van der Waals surface area contributed by atoms with Gasteiger partial charge >= 0.3 is 18.2 Å². The molecule has 0 saturated heterocycles. The third-order valence-electron chi connectivity index (χ3n) is 7.99. The van der Waals surface area contributed by atoms with Gasteiger partial charge in [0.15, 0.2) is 0 Å². The van der Waals surface area contributed by atoms with Crippen LogP contribution in [0, 0.1) is 0 Å². The van der Waals surface area contributed by atoms with Gasteiger partial charge in [-0.1, -0.05) is 24.3 Å². The Hall–Kier alpha value is -3.59. The average Bonchev–Trinajstić information content (AvgIpc) is 2.90. The summed E-state index contributed by atoms with van der Waals surface area (Å²) in [5, 5.41) is 9.33. The number of hydrogen-bond donors (Lipinski definition) is 1. The molecule has 0 aromatic heterocycles. The quantitative estimate of drug-likeness (QED) is 0.298. The summed E-state index contributed by atoms with van der Waals surface area (Å²) in [5.41, 5.74) is 3.74. The van der Waals surface area contributed by atoms with Gasteiger partial charge in [0.25, 0.3) is 0 Å². The van der Waals surface area contributed by atoms with E-state index in [1.165, 1.54) is 12.7 Å². The van der Waals surface area contributed by atoms with Crippen LogP contribution >= 0.6 is 0 Å². The van der Waals surface area contributed by atoms with Crippen molar-refractivity contribution in [1.29, 1.82) is 0 Å². The number of carbonyl (C=O) groups excluding carboxylic acids is 3. The highest BCUT2D eigenvalue weighted by Crippen LogP contribution is 2.38. The molecule has 2 aromatic rings. The van der Waals surface area contributed by atoms with Gasteiger partial charge in [-0.3, -0.25) is 9.80 Å². The van der Waals surface area contributed by atoms with Crippen molar-refractivity contribution in [2.75, 3.05) is 20.2 Å².